The Morgan fingerprint density at radius 2 is 2.00 bits per heavy atom. The maximum atomic E-state index is 11.8. The second kappa shape index (κ2) is 6.90. The summed E-state index contributed by atoms with van der Waals surface area (Å²) in [5, 5.41) is 12.3. The van der Waals surface area contributed by atoms with E-state index in [-0.39, 0.29) is 12.5 Å². The zero-order chi connectivity index (χ0) is 15.2. The quantitative estimate of drug-likeness (QED) is 0.887. The fraction of sp³-hybridized carbons (Fsp3) is 0.235. The van der Waals surface area contributed by atoms with E-state index in [9.17, 15) is 9.90 Å². The first-order chi connectivity index (χ1) is 10.0. The Bertz CT molecular complexity index is 623. The Kier molecular flexibility index (Phi) is 4.95. The summed E-state index contributed by atoms with van der Waals surface area (Å²) < 4.78 is 5.44. The van der Waals surface area contributed by atoms with Gasteiger partial charge in [0.1, 0.15) is 5.75 Å². The Hall–Kier alpha value is -2.33. The lowest BCUT2D eigenvalue weighted by molar-refractivity contribution is -0.118. The fourth-order valence-electron chi connectivity index (χ4n) is 1.93. The van der Waals surface area contributed by atoms with Gasteiger partial charge in [-0.25, -0.2) is 0 Å². The van der Waals surface area contributed by atoms with Gasteiger partial charge in [-0.2, -0.15) is 0 Å². The van der Waals surface area contributed by atoms with Crippen molar-refractivity contribution >= 4 is 11.6 Å². The number of rotatable bonds is 5. The van der Waals surface area contributed by atoms with Crippen LogP contribution in [0.25, 0.3) is 0 Å². The van der Waals surface area contributed by atoms with E-state index in [0.717, 1.165) is 16.8 Å². The first kappa shape index (κ1) is 15.1. The van der Waals surface area contributed by atoms with E-state index in [1.165, 1.54) is 0 Å². The minimum absolute atomic E-state index is 0.0722. The summed E-state index contributed by atoms with van der Waals surface area (Å²) in [6.45, 7) is 3.58. The number of ether oxygens (including phenoxy) is 1. The number of hydrogen-bond donors (Lipinski definition) is 2. The van der Waals surface area contributed by atoms with Crippen LogP contribution >= 0.6 is 0 Å². The van der Waals surface area contributed by atoms with E-state index in [0.29, 0.717) is 5.75 Å². The predicted molar refractivity (Wildman–Crippen MR) is 82.4 cm³/mol. The van der Waals surface area contributed by atoms with Crippen molar-refractivity contribution < 1.29 is 14.6 Å². The highest BCUT2D eigenvalue weighted by Crippen LogP contribution is 2.18. The number of aryl methyl sites for hydroxylation is 1. The lowest BCUT2D eigenvalue weighted by Crippen LogP contribution is -2.20. The number of hydrogen-bond acceptors (Lipinski definition) is 3. The van der Waals surface area contributed by atoms with Gasteiger partial charge in [0.2, 0.25) is 0 Å². The molecule has 0 fully saturated rings. The molecule has 0 aliphatic carbocycles. The Balaban J connectivity index is 1.90. The molecule has 1 atom stereocenters. The van der Waals surface area contributed by atoms with Crippen LogP contribution in [0.15, 0.2) is 48.5 Å². The lowest BCUT2D eigenvalue weighted by Gasteiger charge is -2.10. The zero-order valence-corrected chi connectivity index (χ0v) is 12.2. The molecule has 2 aromatic carbocycles. The standard InChI is InChI=1S/C17H19NO3/c1-12-5-3-7-15(9-12)18-17(20)11-21-16-8-4-6-14(10-16)13(2)19/h3-10,13,19H,11H2,1-2H3,(H,18,20)/t13-/m1/s1. The van der Waals surface area contributed by atoms with E-state index in [2.05, 4.69) is 5.32 Å². The highest BCUT2D eigenvalue weighted by atomic mass is 16.5. The molecule has 0 saturated heterocycles. The summed E-state index contributed by atoms with van der Waals surface area (Å²) in [7, 11) is 0. The zero-order valence-electron chi connectivity index (χ0n) is 12.2. The first-order valence-electron chi connectivity index (χ1n) is 6.82. The summed E-state index contributed by atoms with van der Waals surface area (Å²) in [4.78, 5) is 11.8. The predicted octanol–water partition coefficient (Wildman–Crippen LogP) is 3.07. The van der Waals surface area contributed by atoms with Crippen LogP contribution in [0.2, 0.25) is 0 Å². The summed E-state index contributed by atoms with van der Waals surface area (Å²) in [6, 6.07) is 14.7. The first-order valence-corrected chi connectivity index (χ1v) is 6.82. The SMILES string of the molecule is Cc1cccc(NC(=O)COc2cccc([C@@H](C)O)c2)c1. The highest BCUT2D eigenvalue weighted by Gasteiger charge is 2.06. The number of aliphatic hydroxyl groups is 1. The molecule has 2 aromatic rings. The number of nitrogens with one attached hydrogen (secondary N) is 1. The molecule has 110 valence electrons. The molecule has 0 aromatic heterocycles. The van der Waals surface area contributed by atoms with Gasteiger partial charge in [-0.1, -0.05) is 24.3 Å². The third kappa shape index (κ3) is 4.61. The van der Waals surface area contributed by atoms with Gasteiger partial charge in [-0.05, 0) is 49.2 Å². The molecular formula is C17H19NO3. The van der Waals surface area contributed by atoms with Gasteiger partial charge in [-0.3, -0.25) is 4.79 Å². The largest absolute Gasteiger partial charge is 0.484 e. The Morgan fingerprint density at radius 3 is 2.71 bits per heavy atom. The number of carbonyl (C=O) groups excluding carboxylic acids is 1. The monoisotopic (exact) mass is 285 g/mol. The van der Waals surface area contributed by atoms with Gasteiger partial charge in [0.05, 0.1) is 6.10 Å². The van der Waals surface area contributed by atoms with Crippen molar-refractivity contribution in [1.82, 2.24) is 0 Å². The molecule has 0 saturated carbocycles. The van der Waals surface area contributed by atoms with E-state index < -0.39 is 6.10 Å². The van der Waals surface area contributed by atoms with Crippen molar-refractivity contribution in [3.8, 4) is 5.75 Å². The molecule has 4 nitrogen and oxygen atoms in total. The summed E-state index contributed by atoms with van der Waals surface area (Å²) in [6.07, 6.45) is -0.560. The van der Waals surface area contributed by atoms with Crippen molar-refractivity contribution in [3.05, 3.63) is 59.7 Å². The van der Waals surface area contributed by atoms with Crippen LogP contribution in [0.5, 0.6) is 5.75 Å². The maximum Gasteiger partial charge on any atom is 0.262 e. The van der Waals surface area contributed by atoms with E-state index in [4.69, 9.17) is 4.74 Å². The average molecular weight is 285 g/mol. The minimum Gasteiger partial charge on any atom is -0.484 e. The second-order valence-corrected chi connectivity index (χ2v) is 4.95. The molecule has 0 unspecified atom stereocenters. The highest BCUT2D eigenvalue weighted by molar-refractivity contribution is 5.91. The van der Waals surface area contributed by atoms with Crippen molar-refractivity contribution in [3.63, 3.8) is 0 Å². The van der Waals surface area contributed by atoms with Crippen molar-refractivity contribution in [2.75, 3.05) is 11.9 Å². The topological polar surface area (TPSA) is 58.6 Å². The van der Waals surface area contributed by atoms with Crippen LogP contribution in [0.3, 0.4) is 0 Å². The maximum absolute atomic E-state index is 11.8. The van der Waals surface area contributed by atoms with Crippen LogP contribution < -0.4 is 10.1 Å². The minimum atomic E-state index is -0.560. The molecular weight excluding hydrogens is 266 g/mol. The fourth-order valence-corrected chi connectivity index (χ4v) is 1.93. The van der Waals surface area contributed by atoms with E-state index in [1.807, 2.05) is 37.3 Å². The molecule has 2 rings (SSSR count). The Morgan fingerprint density at radius 1 is 1.24 bits per heavy atom. The van der Waals surface area contributed by atoms with Gasteiger partial charge >= 0.3 is 0 Å². The average Bonchev–Trinajstić information content (AvgIpc) is 2.45. The molecule has 0 heterocycles. The second-order valence-electron chi connectivity index (χ2n) is 4.95. The number of benzene rings is 2. The molecule has 1 amide bonds. The van der Waals surface area contributed by atoms with Crippen molar-refractivity contribution in [2.24, 2.45) is 0 Å². The number of aliphatic hydroxyl groups excluding tert-OH is 1. The van der Waals surface area contributed by atoms with Crippen molar-refractivity contribution in [1.29, 1.82) is 0 Å². The molecule has 0 spiro atoms. The van der Waals surface area contributed by atoms with Gasteiger partial charge in [0.15, 0.2) is 6.61 Å². The summed E-state index contributed by atoms with van der Waals surface area (Å²) in [5.74, 6) is 0.343. The molecule has 2 N–H and O–H groups in total. The molecule has 0 bridgehead atoms. The molecule has 21 heavy (non-hydrogen) atoms. The third-order valence-corrected chi connectivity index (χ3v) is 3.01. The van der Waals surface area contributed by atoms with Crippen molar-refractivity contribution in [2.45, 2.75) is 20.0 Å². The van der Waals surface area contributed by atoms with Gasteiger partial charge in [0.25, 0.3) is 5.91 Å². The number of carbonyl (C=O) groups is 1. The van der Waals surface area contributed by atoms with Crippen LogP contribution in [-0.2, 0) is 4.79 Å². The third-order valence-electron chi connectivity index (χ3n) is 3.01. The lowest BCUT2D eigenvalue weighted by atomic mass is 10.1. The summed E-state index contributed by atoms with van der Waals surface area (Å²) in [5.41, 5.74) is 2.59. The van der Waals surface area contributed by atoms with Crippen LogP contribution in [0, 0.1) is 6.92 Å². The Labute approximate surface area is 124 Å². The van der Waals surface area contributed by atoms with E-state index >= 15 is 0 Å². The molecule has 0 aliphatic rings. The van der Waals surface area contributed by atoms with E-state index in [1.54, 1.807) is 25.1 Å². The smallest absolute Gasteiger partial charge is 0.262 e. The normalized spacial score (nSPS) is 11.8. The van der Waals surface area contributed by atoms with Gasteiger partial charge < -0.3 is 15.2 Å². The van der Waals surface area contributed by atoms with Crippen LogP contribution in [0.4, 0.5) is 5.69 Å². The molecule has 4 heteroatoms. The number of amides is 1. The molecule has 0 aliphatic heterocycles. The van der Waals surface area contributed by atoms with Gasteiger partial charge in [-0.15, -0.1) is 0 Å². The van der Waals surface area contributed by atoms with Crippen LogP contribution in [-0.4, -0.2) is 17.6 Å². The summed E-state index contributed by atoms with van der Waals surface area (Å²) >= 11 is 0. The number of anilines is 1. The van der Waals surface area contributed by atoms with Gasteiger partial charge in [0, 0.05) is 5.69 Å². The van der Waals surface area contributed by atoms with Crippen LogP contribution in [0.1, 0.15) is 24.2 Å². The molecule has 0 radical (unpaired) electrons.